The zero-order chi connectivity index (χ0) is 15.0. The number of carbonyl (C=O) groups excluding carboxylic acids is 1. The summed E-state index contributed by atoms with van der Waals surface area (Å²) >= 11 is 0. The molecule has 0 saturated heterocycles. The van der Waals surface area contributed by atoms with Gasteiger partial charge in [-0.25, -0.2) is 4.79 Å². The molecule has 1 rings (SSSR count). The predicted molar refractivity (Wildman–Crippen MR) is 84.8 cm³/mol. The molecule has 0 saturated carbocycles. The van der Waals surface area contributed by atoms with E-state index in [1.165, 1.54) is 5.56 Å². The van der Waals surface area contributed by atoms with E-state index >= 15 is 0 Å². The van der Waals surface area contributed by atoms with Gasteiger partial charge in [0.2, 0.25) is 0 Å². The van der Waals surface area contributed by atoms with Crippen molar-refractivity contribution in [2.24, 2.45) is 11.8 Å². The van der Waals surface area contributed by atoms with E-state index in [0.29, 0.717) is 18.4 Å². The molecule has 112 valence electrons. The SMILES string of the molecule is CC(C)CN(CC(C)C)C(=O)NCCc1ccccc1. The molecule has 0 unspecified atom stereocenters. The zero-order valence-corrected chi connectivity index (χ0v) is 13.2. The molecule has 0 atom stereocenters. The maximum Gasteiger partial charge on any atom is 0.317 e. The first-order chi connectivity index (χ1) is 9.49. The van der Waals surface area contributed by atoms with Crippen LogP contribution in [0.5, 0.6) is 0 Å². The summed E-state index contributed by atoms with van der Waals surface area (Å²) in [5.41, 5.74) is 1.26. The third kappa shape index (κ3) is 6.60. The van der Waals surface area contributed by atoms with E-state index in [1.807, 2.05) is 23.1 Å². The molecule has 0 fully saturated rings. The topological polar surface area (TPSA) is 32.3 Å². The van der Waals surface area contributed by atoms with Crippen LogP contribution in [0, 0.1) is 11.8 Å². The third-order valence-corrected chi connectivity index (χ3v) is 2.99. The highest BCUT2D eigenvalue weighted by molar-refractivity contribution is 5.74. The first-order valence-corrected chi connectivity index (χ1v) is 7.55. The van der Waals surface area contributed by atoms with E-state index in [9.17, 15) is 4.79 Å². The Balaban J connectivity index is 2.41. The number of carbonyl (C=O) groups is 1. The number of rotatable bonds is 7. The molecule has 0 bridgehead atoms. The van der Waals surface area contributed by atoms with Crippen molar-refractivity contribution < 1.29 is 4.79 Å². The van der Waals surface area contributed by atoms with Gasteiger partial charge in [0.1, 0.15) is 0 Å². The Labute approximate surface area is 123 Å². The van der Waals surface area contributed by atoms with E-state index < -0.39 is 0 Å². The average molecular weight is 276 g/mol. The van der Waals surface area contributed by atoms with Crippen molar-refractivity contribution in [3.63, 3.8) is 0 Å². The van der Waals surface area contributed by atoms with Gasteiger partial charge in [-0.3, -0.25) is 0 Å². The predicted octanol–water partition coefficient (Wildman–Crippen LogP) is 3.55. The second-order valence-electron chi connectivity index (χ2n) is 6.16. The largest absolute Gasteiger partial charge is 0.338 e. The molecule has 1 aromatic rings. The molecule has 1 aromatic carbocycles. The Morgan fingerprint density at radius 3 is 2.10 bits per heavy atom. The Morgan fingerprint density at radius 1 is 1.05 bits per heavy atom. The Bertz CT molecular complexity index is 377. The standard InChI is InChI=1S/C17H28N2O/c1-14(2)12-19(13-15(3)4)17(20)18-11-10-16-8-6-5-7-9-16/h5-9,14-15H,10-13H2,1-4H3,(H,18,20). The summed E-state index contributed by atoms with van der Waals surface area (Å²) in [5.74, 6) is 0.988. The highest BCUT2D eigenvalue weighted by Gasteiger charge is 2.15. The second-order valence-corrected chi connectivity index (χ2v) is 6.16. The molecular formula is C17H28N2O. The number of urea groups is 1. The lowest BCUT2D eigenvalue weighted by Gasteiger charge is -2.26. The highest BCUT2D eigenvalue weighted by atomic mass is 16.2. The minimum Gasteiger partial charge on any atom is -0.338 e. The Kier molecular flexibility index (Phi) is 7.13. The first-order valence-electron chi connectivity index (χ1n) is 7.55. The van der Waals surface area contributed by atoms with Crippen LogP contribution in [-0.4, -0.2) is 30.6 Å². The molecule has 3 heteroatoms. The maximum absolute atomic E-state index is 12.2. The van der Waals surface area contributed by atoms with Crippen LogP contribution in [0.3, 0.4) is 0 Å². The number of benzene rings is 1. The van der Waals surface area contributed by atoms with Crippen molar-refractivity contribution >= 4 is 6.03 Å². The van der Waals surface area contributed by atoms with Crippen molar-refractivity contribution in [3.8, 4) is 0 Å². The van der Waals surface area contributed by atoms with Crippen LogP contribution >= 0.6 is 0 Å². The lowest BCUT2D eigenvalue weighted by Crippen LogP contribution is -2.44. The second kappa shape index (κ2) is 8.62. The number of nitrogens with one attached hydrogen (secondary N) is 1. The molecule has 0 aliphatic rings. The van der Waals surface area contributed by atoms with Gasteiger partial charge < -0.3 is 10.2 Å². The number of nitrogens with zero attached hydrogens (tertiary/aromatic N) is 1. The molecule has 0 spiro atoms. The summed E-state index contributed by atoms with van der Waals surface area (Å²) < 4.78 is 0. The summed E-state index contributed by atoms with van der Waals surface area (Å²) in [7, 11) is 0. The van der Waals surface area contributed by atoms with E-state index in [-0.39, 0.29) is 6.03 Å². The summed E-state index contributed by atoms with van der Waals surface area (Å²) in [4.78, 5) is 14.2. The molecule has 2 amide bonds. The summed E-state index contributed by atoms with van der Waals surface area (Å²) in [5, 5.41) is 3.03. The molecule has 0 aliphatic heterocycles. The van der Waals surface area contributed by atoms with Gasteiger partial charge in [-0.1, -0.05) is 58.0 Å². The molecule has 0 aromatic heterocycles. The van der Waals surface area contributed by atoms with Crippen molar-refractivity contribution in [2.75, 3.05) is 19.6 Å². The van der Waals surface area contributed by atoms with Crippen LogP contribution in [0.4, 0.5) is 4.79 Å². The first kappa shape index (κ1) is 16.5. The van der Waals surface area contributed by atoms with Gasteiger partial charge in [0, 0.05) is 19.6 Å². The molecule has 0 radical (unpaired) electrons. The fraction of sp³-hybridized carbons (Fsp3) is 0.588. The fourth-order valence-corrected chi connectivity index (χ4v) is 2.19. The van der Waals surface area contributed by atoms with Crippen LogP contribution in [0.1, 0.15) is 33.3 Å². The van der Waals surface area contributed by atoms with E-state index in [2.05, 4.69) is 45.1 Å². The maximum atomic E-state index is 12.2. The molecule has 0 heterocycles. The van der Waals surface area contributed by atoms with Gasteiger partial charge in [-0.05, 0) is 23.8 Å². The number of amides is 2. The summed E-state index contributed by atoms with van der Waals surface area (Å²) in [6, 6.07) is 10.3. The van der Waals surface area contributed by atoms with Gasteiger partial charge in [0.05, 0.1) is 0 Å². The molecule has 3 nitrogen and oxygen atoms in total. The third-order valence-electron chi connectivity index (χ3n) is 2.99. The van der Waals surface area contributed by atoms with Crippen LogP contribution in [0.2, 0.25) is 0 Å². The minimum atomic E-state index is 0.0586. The summed E-state index contributed by atoms with van der Waals surface area (Å²) in [6.45, 7) is 10.9. The molecule has 20 heavy (non-hydrogen) atoms. The lowest BCUT2D eigenvalue weighted by atomic mass is 10.1. The van der Waals surface area contributed by atoms with Crippen LogP contribution in [-0.2, 0) is 6.42 Å². The van der Waals surface area contributed by atoms with Gasteiger partial charge in [0.25, 0.3) is 0 Å². The van der Waals surface area contributed by atoms with Gasteiger partial charge >= 0.3 is 6.03 Å². The lowest BCUT2D eigenvalue weighted by molar-refractivity contribution is 0.183. The normalized spacial score (nSPS) is 10.9. The van der Waals surface area contributed by atoms with Crippen LogP contribution < -0.4 is 5.32 Å². The highest BCUT2D eigenvalue weighted by Crippen LogP contribution is 2.04. The monoisotopic (exact) mass is 276 g/mol. The van der Waals surface area contributed by atoms with Crippen molar-refractivity contribution in [2.45, 2.75) is 34.1 Å². The minimum absolute atomic E-state index is 0.0586. The Morgan fingerprint density at radius 2 is 1.60 bits per heavy atom. The molecular weight excluding hydrogens is 248 g/mol. The van der Waals surface area contributed by atoms with Gasteiger partial charge in [-0.2, -0.15) is 0 Å². The summed E-state index contributed by atoms with van der Waals surface area (Å²) in [6.07, 6.45) is 0.879. The van der Waals surface area contributed by atoms with Crippen molar-refractivity contribution in [1.29, 1.82) is 0 Å². The van der Waals surface area contributed by atoms with Crippen molar-refractivity contribution in [3.05, 3.63) is 35.9 Å². The van der Waals surface area contributed by atoms with Crippen LogP contribution in [0.25, 0.3) is 0 Å². The van der Waals surface area contributed by atoms with Gasteiger partial charge in [0.15, 0.2) is 0 Å². The quantitative estimate of drug-likeness (QED) is 0.811. The van der Waals surface area contributed by atoms with E-state index in [1.54, 1.807) is 0 Å². The van der Waals surface area contributed by atoms with Crippen molar-refractivity contribution in [1.82, 2.24) is 10.2 Å². The van der Waals surface area contributed by atoms with Gasteiger partial charge in [-0.15, -0.1) is 0 Å². The smallest absolute Gasteiger partial charge is 0.317 e. The van der Waals surface area contributed by atoms with E-state index in [4.69, 9.17) is 0 Å². The zero-order valence-electron chi connectivity index (χ0n) is 13.2. The van der Waals surface area contributed by atoms with Crippen LogP contribution in [0.15, 0.2) is 30.3 Å². The molecule has 1 N–H and O–H groups in total. The van der Waals surface area contributed by atoms with E-state index in [0.717, 1.165) is 19.5 Å². The Hall–Kier alpha value is -1.51. The molecule has 0 aliphatic carbocycles. The fourth-order valence-electron chi connectivity index (χ4n) is 2.19. The average Bonchev–Trinajstić information content (AvgIpc) is 2.38. The number of hydrogen-bond acceptors (Lipinski definition) is 1. The number of hydrogen-bond donors (Lipinski definition) is 1.